The van der Waals surface area contributed by atoms with Gasteiger partial charge in [0, 0.05) is 45.4 Å². The first kappa shape index (κ1) is 20.2. The van der Waals surface area contributed by atoms with Crippen molar-refractivity contribution in [2.24, 2.45) is 17.6 Å². The number of rotatable bonds is 2. The Hall–Kier alpha value is -0.0700. The maximum atomic E-state index is 12.8. The van der Waals surface area contributed by atoms with E-state index in [0.717, 1.165) is 44.1 Å². The Labute approximate surface area is 157 Å². The summed E-state index contributed by atoms with van der Waals surface area (Å²) < 4.78 is 5.36. The number of halogens is 2. The second-order valence-corrected chi connectivity index (χ2v) is 7.84. The first-order valence-electron chi connectivity index (χ1n) is 9.06. The molecule has 0 radical (unpaired) electrons. The van der Waals surface area contributed by atoms with Crippen molar-refractivity contribution >= 4 is 30.7 Å². The zero-order valence-electron chi connectivity index (χ0n) is 14.3. The number of nitrogens with two attached hydrogens (primary N) is 1. The van der Waals surface area contributed by atoms with Crippen LogP contribution in [0.3, 0.4) is 0 Å². The third kappa shape index (κ3) is 3.70. The maximum Gasteiger partial charge on any atom is 0.242 e. The van der Waals surface area contributed by atoms with Crippen molar-refractivity contribution in [3.63, 3.8) is 0 Å². The summed E-state index contributed by atoms with van der Waals surface area (Å²) in [5.41, 5.74) is 5.68. The van der Waals surface area contributed by atoms with Crippen molar-refractivity contribution in [3.8, 4) is 0 Å². The lowest BCUT2D eigenvalue weighted by Crippen LogP contribution is -2.62. The number of piperazine rings is 1. The van der Waals surface area contributed by atoms with E-state index in [4.69, 9.17) is 10.5 Å². The van der Waals surface area contributed by atoms with Gasteiger partial charge in [0.1, 0.15) is 0 Å². The molecule has 5 nitrogen and oxygen atoms in total. The van der Waals surface area contributed by atoms with Crippen LogP contribution in [0.15, 0.2) is 0 Å². The third-order valence-corrected chi connectivity index (χ3v) is 6.58. The number of fused-ring (bicyclic) bond motifs is 2. The average Bonchev–Trinajstić information content (AvgIpc) is 3.18. The van der Waals surface area contributed by atoms with Crippen LogP contribution in [0.5, 0.6) is 0 Å². The standard InChI is InChI=1S/C17H29N3O2.2ClH/c18-17(3-9-22-10-4-17)16(21)20-7-5-19(6-8-20)15-12-13-1-2-14(15)11-13;;/h13-15H,1-12,18H2;2*1H. The van der Waals surface area contributed by atoms with Crippen molar-refractivity contribution in [1.82, 2.24) is 9.80 Å². The van der Waals surface area contributed by atoms with Gasteiger partial charge in [-0.15, -0.1) is 24.8 Å². The van der Waals surface area contributed by atoms with Crippen molar-refractivity contribution in [3.05, 3.63) is 0 Å². The quantitative estimate of drug-likeness (QED) is 0.792. The molecule has 2 aliphatic heterocycles. The SMILES string of the molecule is Cl.Cl.NC1(C(=O)N2CCN(C3CC4CCC3C4)CC2)CCOCC1. The Balaban J connectivity index is 0.00000104. The van der Waals surface area contributed by atoms with Crippen LogP contribution < -0.4 is 5.73 Å². The number of amides is 1. The highest BCUT2D eigenvalue weighted by atomic mass is 35.5. The van der Waals surface area contributed by atoms with E-state index in [2.05, 4.69) is 4.90 Å². The minimum Gasteiger partial charge on any atom is -0.381 e. The molecule has 0 spiro atoms. The molecule has 3 atom stereocenters. The number of nitrogens with zero attached hydrogens (tertiary/aromatic N) is 2. The van der Waals surface area contributed by atoms with Crippen LogP contribution in [0.25, 0.3) is 0 Å². The molecule has 1 amide bonds. The molecule has 2 saturated heterocycles. The lowest BCUT2D eigenvalue weighted by Gasteiger charge is -2.44. The molecule has 0 aromatic rings. The van der Waals surface area contributed by atoms with E-state index in [0.29, 0.717) is 26.1 Å². The van der Waals surface area contributed by atoms with Crippen LogP contribution in [0.4, 0.5) is 0 Å². The van der Waals surface area contributed by atoms with Gasteiger partial charge >= 0.3 is 0 Å². The smallest absolute Gasteiger partial charge is 0.242 e. The molecule has 24 heavy (non-hydrogen) atoms. The van der Waals surface area contributed by atoms with Gasteiger partial charge in [-0.25, -0.2) is 0 Å². The molecular weight excluding hydrogens is 349 g/mol. The molecule has 4 aliphatic rings. The molecule has 2 aliphatic carbocycles. The van der Waals surface area contributed by atoms with Gasteiger partial charge in [0.15, 0.2) is 0 Å². The fourth-order valence-corrected chi connectivity index (χ4v) is 5.18. The normalized spacial score (nSPS) is 35.2. The molecule has 140 valence electrons. The summed E-state index contributed by atoms with van der Waals surface area (Å²) in [5, 5.41) is 0. The van der Waals surface area contributed by atoms with E-state index in [1.807, 2.05) is 4.90 Å². The second-order valence-electron chi connectivity index (χ2n) is 7.84. The van der Waals surface area contributed by atoms with E-state index in [9.17, 15) is 4.79 Å². The number of hydrogen-bond donors (Lipinski definition) is 1. The van der Waals surface area contributed by atoms with E-state index < -0.39 is 5.54 Å². The third-order valence-electron chi connectivity index (χ3n) is 6.58. The van der Waals surface area contributed by atoms with Gasteiger partial charge in [-0.1, -0.05) is 6.42 Å². The molecule has 4 fully saturated rings. The highest BCUT2D eigenvalue weighted by Crippen LogP contribution is 2.46. The summed E-state index contributed by atoms with van der Waals surface area (Å²) in [6, 6.07) is 0.797. The van der Waals surface area contributed by atoms with Crippen LogP contribution in [-0.4, -0.2) is 66.7 Å². The Bertz CT molecular complexity index is 438. The highest BCUT2D eigenvalue weighted by molar-refractivity contribution is 5.86. The van der Waals surface area contributed by atoms with Gasteiger partial charge in [0.2, 0.25) is 5.91 Å². The molecular formula is C17H31Cl2N3O2. The molecule has 4 rings (SSSR count). The molecule has 2 bridgehead atoms. The minimum atomic E-state index is -0.674. The van der Waals surface area contributed by atoms with Gasteiger partial charge in [-0.05, 0) is 43.9 Å². The Morgan fingerprint density at radius 3 is 2.21 bits per heavy atom. The maximum absolute atomic E-state index is 12.8. The van der Waals surface area contributed by atoms with Crippen LogP contribution in [0, 0.1) is 11.8 Å². The first-order chi connectivity index (χ1) is 10.7. The summed E-state index contributed by atoms with van der Waals surface area (Å²) in [6.45, 7) is 5.01. The summed E-state index contributed by atoms with van der Waals surface area (Å²) in [5.74, 6) is 2.08. The van der Waals surface area contributed by atoms with Crippen molar-refractivity contribution < 1.29 is 9.53 Å². The average molecular weight is 380 g/mol. The number of ether oxygens (including phenoxy) is 1. The van der Waals surface area contributed by atoms with Gasteiger partial charge in [-0.2, -0.15) is 0 Å². The largest absolute Gasteiger partial charge is 0.381 e. The summed E-state index contributed by atoms with van der Waals surface area (Å²) >= 11 is 0. The fourth-order valence-electron chi connectivity index (χ4n) is 5.18. The predicted molar refractivity (Wildman–Crippen MR) is 98.9 cm³/mol. The zero-order valence-corrected chi connectivity index (χ0v) is 16.0. The monoisotopic (exact) mass is 379 g/mol. The van der Waals surface area contributed by atoms with Crippen LogP contribution >= 0.6 is 24.8 Å². The Morgan fingerprint density at radius 1 is 1.00 bits per heavy atom. The number of hydrogen-bond acceptors (Lipinski definition) is 4. The molecule has 2 N–H and O–H groups in total. The Kier molecular flexibility index (Phi) is 6.82. The molecule has 7 heteroatoms. The summed E-state index contributed by atoms with van der Waals surface area (Å²) in [4.78, 5) is 17.4. The van der Waals surface area contributed by atoms with E-state index >= 15 is 0 Å². The van der Waals surface area contributed by atoms with Crippen molar-refractivity contribution in [2.75, 3.05) is 39.4 Å². The van der Waals surface area contributed by atoms with Gasteiger partial charge < -0.3 is 15.4 Å². The zero-order chi connectivity index (χ0) is 15.2. The fraction of sp³-hybridized carbons (Fsp3) is 0.941. The van der Waals surface area contributed by atoms with Gasteiger partial charge in [0.25, 0.3) is 0 Å². The minimum absolute atomic E-state index is 0. The molecule has 0 aromatic heterocycles. The Morgan fingerprint density at radius 2 is 1.67 bits per heavy atom. The van der Waals surface area contributed by atoms with Crippen LogP contribution in [0.2, 0.25) is 0 Å². The lowest BCUT2D eigenvalue weighted by molar-refractivity contribution is -0.142. The number of carbonyl (C=O) groups is 1. The molecule has 3 unspecified atom stereocenters. The second kappa shape index (κ2) is 8.09. The van der Waals surface area contributed by atoms with Gasteiger partial charge in [-0.3, -0.25) is 9.69 Å². The molecule has 2 saturated carbocycles. The summed E-state index contributed by atoms with van der Waals surface area (Å²) in [7, 11) is 0. The van der Waals surface area contributed by atoms with Crippen LogP contribution in [-0.2, 0) is 9.53 Å². The van der Waals surface area contributed by atoms with Crippen molar-refractivity contribution in [1.29, 1.82) is 0 Å². The molecule has 2 heterocycles. The number of carbonyl (C=O) groups excluding carboxylic acids is 1. The molecule has 0 aromatic carbocycles. The van der Waals surface area contributed by atoms with Crippen LogP contribution in [0.1, 0.15) is 38.5 Å². The van der Waals surface area contributed by atoms with E-state index in [-0.39, 0.29) is 30.7 Å². The topological polar surface area (TPSA) is 58.8 Å². The lowest BCUT2D eigenvalue weighted by atomic mass is 9.89. The summed E-state index contributed by atoms with van der Waals surface area (Å²) in [6.07, 6.45) is 7.07. The highest BCUT2D eigenvalue weighted by Gasteiger charge is 2.44. The van der Waals surface area contributed by atoms with E-state index in [1.165, 1.54) is 25.7 Å². The van der Waals surface area contributed by atoms with E-state index in [1.54, 1.807) is 0 Å². The predicted octanol–water partition coefficient (Wildman–Crippen LogP) is 1.67. The van der Waals surface area contributed by atoms with Gasteiger partial charge in [0.05, 0.1) is 5.54 Å². The van der Waals surface area contributed by atoms with Crippen molar-refractivity contribution in [2.45, 2.75) is 50.1 Å². The first-order valence-corrected chi connectivity index (χ1v) is 9.06.